The van der Waals surface area contributed by atoms with Crippen molar-refractivity contribution >= 4 is 39.4 Å². The molecule has 1 aliphatic heterocycles. The van der Waals surface area contributed by atoms with E-state index in [4.69, 9.17) is 11.6 Å². The van der Waals surface area contributed by atoms with Crippen molar-refractivity contribution < 1.29 is 8.60 Å². The van der Waals surface area contributed by atoms with Gasteiger partial charge in [0, 0.05) is 42.2 Å². The normalized spacial score (nSPS) is 16.4. The van der Waals surface area contributed by atoms with E-state index in [0.717, 1.165) is 18.0 Å². The van der Waals surface area contributed by atoms with E-state index in [9.17, 15) is 8.60 Å². The van der Waals surface area contributed by atoms with Gasteiger partial charge in [-0.3, -0.25) is 0 Å². The molecule has 2 N–H and O–H groups in total. The third kappa shape index (κ3) is 3.67. The lowest BCUT2D eigenvalue weighted by molar-refractivity contribution is 0.295. The second-order valence-corrected chi connectivity index (χ2v) is 8.36. The lowest BCUT2D eigenvalue weighted by Crippen LogP contribution is -2.55. The maximum atomic E-state index is 14.2. The highest BCUT2D eigenvalue weighted by atomic mass is 35.5. The molecule has 4 heterocycles. The minimum Gasteiger partial charge on any atom is -0.362 e. The number of nitrogens with one attached hydrogen (secondary N) is 2. The average molecular weight is 409 g/mol. The van der Waals surface area contributed by atoms with Gasteiger partial charge in [-0.1, -0.05) is 18.5 Å². The van der Waals surface area contributed by atoms with Crippen LogP contribution in [0.3, 0.4) is 0 Å². The molecule has 27 heavy (non-hydrogen) atoms. The number of anilines is 1. The lowest BCUT2D eigenvalue weighted by Gasteiger charge is -2.38. The highest BCUT2D eigenvalue weighted by Gasteiger charge is 2.31. The Morgan fingerprint density at radius 3 is 3.00 bits per heavy atom. The Kier molecular flexibility index (Phi) is 5.07. The number of nitrogens with zero attached hydrogens (tertiary/aromatic N) is 4. The van der Waals surface area contributed by atoms with Crippen LogP contribution >= 0.6 is 11.6 Å². The topological polar surface area (TPSA) is 86.8 Å². The van der Waals surface area contributed by atoms with E-state index in [1.54, 1.807) is 18.5 Å². The summed E-state index contributed by atoms with van der Waals surface area (Å²) in [6, 6.07) is 1.77. The van der Waals surface area contributed by atoms with Gasteiger partial charge in [0.25, 0.3) is 0 Å². The van der Waals surface area contributed by atoms with Crippen LogP contribution < -0.4 is 5.32 Å². The van der Waals surface area contributed by atoms with Crippen LogP contribution in [0.5, 0.6) is 0 Å². The maximum absolute atomic E-state index is 14.2. The van der Waals surface area contributed by atoms with E-state index < -0.39 is 16.8 Å². The summed E-state index contributed by atoms with van der Waals surface area (Å²) in [5.41, 5.74) is 1.35. The molecule has 0 aromatic carbocycles. The second kappa shape index (κ2) is 7.49. The average Bonchev–Trinajstić information content (AvgIpc) is 3.02. The van der Waals surface area contributed by atoms with Crippen LogP contribution in [0.25, 0.3) is 22.4 Å². The summed E-state index contributed by atoms with van der Waals surface area (Å²) < 4.78 is 28.0. The number of hydrogen-bond acceptors (Lipinski definition) is 5. The molecule has 142 valence electrons. The van der Waals surface area contributed by atoms with E-state index in [-0.39, 0.29) is 11.9 Å². The highest BCUT2D eigenvalue weighted by molar-refractivity contribution is 7.82. The minimum atomic E-state index is -0.966. The number of H-pyrrole nitrogens is 1. The molecule has 3 aromatic rings. The fraction of sp³-hybridized carbons (Fsp3) is 0.353. The van der Waals surface area contributed by atoms with Crippen LogP contribution in [-0.2, 0) is 11.0 Å². The molecule has 0 spiro atoms. The fourth-order valence-electron chi connectivity index (χ4n) is 2.95. The number of halogens is 2. The molecule has 10 heteroatoms. The largest absolute Gasteiger partial charge is 0.362 e. The molecule has 7 nitrogen and oxygen atoms in total. The van der Waals surface area contributed by atoms with Gasteiger partial charge in [0.15, 0.2) is 17.5 Å². The van der Waals surface area contributed by atoms with Crippen molar-refractivity contribution in [1.29, 1.82) is 0 Å². The molecule has 0 bridgehead atoms. The standard InChI is InChI=1S/C17H18ClFN6OS/c1-2-3-27(26)25-8-11(9-25)23-17-14(19)7-22-16(24-17)13-6-21-15-12(13)4-10(18)5-20-15/h4-7,11H,2-3,8-9H2,1H3,(H,20,21)(H,22,23,24). The van der Waals surface area contributed by atoms with Crippen LogP contribution in [0.15, 0.2) is 24.7 Å². The monoisotopic (exact) mass is 408 g/mol. The molecule has 4 rings (SSSR count). The third-order valence-corrected chi connectivity index (χ3v) is 6.18. The van der Waals surface area contributed by atoms with Gasteiger partial charge < -0.3 is 10.3 Å². The summed E-state index contributed by atoms with van der Waals surface area (Å²) in [4.78, 5) is 15.7. The number of fused-ring (bicyclic) bond motifs is 1. The molecule has 0 saturated carbocycles. The molecule has 0 aliphatic carbocycles. The quantitative estimate of drug-likeness (QED) is 0.654. The van der Waals surface area contributed by atoms with Gasteiger partial charge in [-0.15, -0.1) is 0 Å². The number of aromatic nitrogens is 4. The fourth-order valence-corrected chi connectivity index (χ4v) is 4.41. The van der Waals surface area contributed by atoms with E-state index >= 15 is 0 Å². The zero-order valence-electron chi connectivity index (χ0n) is 14.6. The molecule has 1 saturated heterocycles. The molecule has 0 radical (unpaired) electrons. The van der Waals surface area contributed by atoms with E-state index in [0.29, 0.717) is 40.9 Å². The first kappa shape index (κ1) is 18.3. The van der Waals surface area contributed by atoms with Gasteiger partial charge in [-0.2, -0.15) is 0 Å². The molecule has 3 aromatic heterocycles. The molecule has 0 amide bonds. The number of aromatic amines is 1. The predicted octanol–water partition coefficient (Wildman–Crippen LogP) is 2.98. The van der Waals surface area contributed by atoms with Crippen LogP contribution in [0.4, 0.5) is 10.2 Å². The summed E-state index contributed by atoms with van der Waals surface area (Å²) in [6.45, 7) is 3.19. The van der Waals surface area contributed by atoms with Crippen molar-refractivity contribution in [3.05, 3.63) is 35.5 Å². The van der Waals surface area contributed by atoms with Crippen molar-refractivity contribution in [2.75, 3.05) is 24.2 Å². The maximum Gasteiger partial charge on any atom is 0.183 e. The molecular weight excluding hydrogens is 391 g/mol. The SMILES string of the molecule is CCCS(=O)N1CC(Nc2nc(-c3c[nH]c4ncc(Cl)cc34)ncc2F)C1. The Bertz CT molecular complexity index is 1010. The molecule has 1 aliphatic rings. The Hall–Kier alpha value is -2.10. The summed E-state index contributed by atoms with van der Waals surface area (Å²) in [6.07, 6.45) is 5.29. The van der Waals surface area contributed by atoms with Crippen LogP contribution in [0.1, 0.15) is 13.3 Å². The van der Waals surface area contributed by atoms with Gasteiger partial charge in [0.2, 0.25) is 0 Å². The van der Waals surface area contributed by atoms with Gasteiger partial charge in [0.1, 0.15) is 5.65 Å². The van der Waals surface area contributed by atoms with Crippen molar-refractivity contribution in [2.45, 2.75) is 19.4 Å². The first-order chi connectivity index (χ1) is 13.0. The molecule has 1 fully saturated rings. The zero-order chi connectivity index (χ0) is 19.0. The van der Waals surface area contributed by atoms with Gasteiger partial charge in [-0.25, -0.2) is 27.9 Å². The first-order valence-electron chi connectivity index (χ1n) is 8.60. The highest BCUT2D eigenvalue weighted by Crippen LogP contribution is 2.28. The van der Waals surface area contributed by atoms with E-state index in [1.165, 1.54) is 0 Å². The first-order valence-corrected chi connectivity index (χ1v) is 10.3. The summed E-state index contributed by atoms with van der Waals surface area (Å²) in [5.74, 6) is 0.633. The Morgan fingerprint density at radius 1 is 1.41 bits per heavy atom. The minimum absolute atomic E-state index is 0.00198. The van der Waals surface area contributed by atoms with Crippen LogP contribution in [0, 0.1) is 5.82 Å². The van der Waals surface area contributed by atoms with Crippen molar-refractivity contribution in [1.82, 2.24) is 24.2 Å². The van der Waals surface area contributed by atoms with Crippen molar-refractivity contribution in [2.24, 2.45) is 0 Å². The number of pyridine rings is 1. The Morgan fingerprint density at radius 2 is 2.22 bits per heavy atom. The van der Waals surface area contributed by atoms with Crippen LogP contribution in [-0.4, -0.2) is 53.3 Å². The summed E-state index contributed by atoms with van der Waals surface area (Å²) in [7, 11) is -0.966. The summed E-state index contributed by atoms with van der Waals surface area (Å²) in [5, 5.41) is 4.35. The van der Waals surface area contributed by atoms with Crippen molar-refractivity contribution in [3.63, 3.8) is 0 Å². The predicted molar refractivity (Wildman–Crippen MR) is 104 cm³/mol. The Labute approximate surface area is 163 Å². The molecule has 1 atom stereocenters. The number of rotatable bonds is 6. The molecule has 1 unspecified atom stereocenters. The number of hydrogen-bond donors (Lipinski definition) is 2. The smallest absolute Gasteiger partial charge is 0.183 e. The second-order valence-electron chi connectivity index (χ2n) is 6.36. The Balaban J connectivity index is 1.54. The van der Waals surface area contributed by atoms with Gasteiger partial charge in [0.05, 0.1) is 28.2 Å². The van der Waals surface area contributed by atoms with E-state index in [1.807, 2.05) is 11.2 Å². The van der Waals surface area contributed by atoms with Crippen molar-refractivity contribution in [3.8, 4) is 11.4 Å². The van der Waals surface area contributed by atoms with Gasteiger partial charge >= 0.3 is 0 Å². The van der Waals surface area contributed by atoms with Crippen LogP contribution in [0.2, 0.25) is 5.02 Å². The lowest BCUT2D eigenvalue weighted by atomic mass is 10.2. The summed E-state index contributed by atoms with van der Waals surface area (Å²) >= 11 is 6.03. The van der Waals surface area contributed by atoms with Gasteiger partial charge in [-0.05, 0) is 12.5 Å². The molecular formula is C17H18ClFN6OS. The zero-order valence-corrected chi connectivity index (χ0v) is 16.1. The van der Waals surface area contributed by atoms with E-state index in [2.05, 4.69) is 25.3 Å². The third-order valence-electron chi connectivity index (χ3n) is 4.34.